The zero-order chi connectivity index (χ0) is 13.0. The Balaban J connectivity index is 2.06. The molecule has 5 heteroatoms. The molecule has 2 rings (SSSR count). The maximum atomic E-state index is 11.8. The molecule has 0 aliphatic carbocycles. The van der Waals surface area contributed by atoms with Crippen LogP contribution >= 0.6 is 0 Å². The Kier molecular flexibility index (Phi) is 3.62. The predicted molar refractivity (Wildman–Crippen MR) is 66.4 cm³/mol. The van der Waals surface area contributed by atoms with Gasteiger partial charge >= 0.3 is 6.03 Å². The van der Waals surface area contributed by atoms with Gasteiger partial charge in [-0.15, -0.1) is 0 Å². The summed E-state index contributed by atoms with van der Waals surface area (Å²) in [5, 5.41) is 2.54. The Morgan fingerprint density at radius 1 is 1.44 bits per heavy atom. The van der Waals surface area contributed by atoms with Crippen molar-refractivity contribution in [2.45, 2.75) is 13.3 Å². The number of allylic oxidation sites excluding steroid dienone is 2. The number of urea groups is 1. The Hall–Kier alpha value is -2.30. The van der Waals surface area contributed by atoms with Crippen LogP contribution in [0.2, 0.25) is 0 Å². The Bertz CT molecular complexity index is 500. The van der Waals surface area contributed by atoms with E-state index in [2.05, 4.69) is 5.32 Å². The number of nitrogens with one attached hydrogen (secondary N) is 1. The fourth-order valence-corrected chi connectivity index (χ4v) is 1.64. The van der Waals surface area contributed by atoms with E-state index >= 15 is 0 Å². The summed E-state index contributed by atoms with van der Waals surface area (Å²) in [5.74, 6) is 0.403. The van der Waals surface area contributed by atoms with Crippen LogP contribution in [0.4, 0.5) is 4.79 Å². The van der Waals surface area contributed by atoms with Crippen molar-refractivity contribution in [2.24, 2.45) is 0 Å². The molecule has 1 aromatic rings. The third kappa shape index (κ3) is 2.51. The zero-order valence-corrected chi connectivity index (χ0v) is 10.1. The quantitative estimate of drug-likeness (QED) is 0.654. The van der Waals surface area contributed by atoms with Gasteiger partial charge in [-0.25, -0.2) is 4.79 Å². The van der Waals surface area contributed by atoms with E-state index in [1.165, 1.54) is 4.90 Å². The van der Waals surface area contributed by atoms with Crippen LogP contribution in [0.5, 0.6) is 0 Å². The fraction of sp³-hybridized carbons (Fsp3) is 0.231. The van der Waals surface area contributed by atoms with Gasteiger partial charge in [0.25, 0.3) is 5.91 Å². The Morgan fingerprint density at radius 3 is 2.94 bits per heavy atom. The summed E-state index contributed by atoms with van der Waals surface area (Å²) in [6, 6.07) is 3.21. The average molecular weight is 246 g/mol. The first-order chi connectivity index (χ1) is 8.72. The van der Waals surface area contributed by atoms with Gasteiger partial charge < -0.3 is 9.73 Å². The molecular formula is C13H14N2O3. The van der Waals surface area contributed by atoms with Gasteiger partial charge in [0.2, 0.25) is 0 Å². The molecule has 3 amide bonds. The third-order valence-electron chi connectivity index (χ3n) is 2.48. The van der Waals surface area contributed by atoms with Gasteiger partial charge in [-0.05, 0) is 30.7 Å². The molecule has 1 saturated heterocycles. The molecule has 5 nitrogen and oxygen atoms in total. The summed E-state index contributed by atoms with van der Waals surface area (Å²) in [6.45, 7) is 2.35. The van der Waals surface area contributed by atoms with Crippen LogP contribution in [0.3, 0.4) is 0 Å². The molecular weight excluding hydrogens is 232 g/mol. The SMILES string of the molecule is CCCN1C(=O)N/C(=C/C=C/c2ccco2)C1=O. The highest BCUT2D eigenvalue weighted by molar-refractivity contribution is 6.11. The largest absolute Gasteiger partial charge is 0.465 e. The number of carbonyl (C=O) groups excluding carboxylic acids is 2. The molecule has 18 heavy (non-hydrogen) atoms. The van der Waals surface area contributed by atoms with E-state index in [9.17, 15) is 9.59 Å². The Labute approximate surface area is 105 Å². The highest BCUT2D eigenvalue weighted by atomic mass is 16.3. The van der Waals surface area contributed by atoms with Crippen molar-refractivity contribution in [3.63, 3.8) is 0 Å². The van der Waals surface area contributed by atoms with Gasteiger partial charge in [0.1, 0.15) is 11.5 Å². The maximum absolute atomic E-state index is 11.8. The van der Waals surface area contributed by atoms with Crippen LogP contribution in [0.1, 0.15) is 19.1 Å². The van der Waals surface area contributed by atoms with Crippen LogP contribution < -0.4 is 5.32 Å². The number of carbonyl (C=O) groups is 2. The standard InChI is InChI=1S/C13H14N2O3/c1-2-8-15-12(16)11(14-13(15)17)7-3-5-10-6-4-9-18-10/h3-7,9H,2,8H2,1H3,(H,14,17)/b5-3+,11-7+. The molecule has 0 saturated carbocycles. The predicted octanol–water partition coefficient (Wildman–Crippen LogP) is 2.14. The highest BCUT2D eigenvalue weighted by Crippen LogP contribution is 2.11. The second-order valence-electron chi connectivity index (χ2n) is 3.84. The lowest BCUT2D eigenvalue weighted by molar-refractivity contribution is -0.122. The molecule has 0 atom stereocenters. The molecule has 1 fully saturated rings. The second kappa shape index (κ2) is 5.35. The summed E-state index contributed by atoms with van der Waals surface area (Å²) in [5.41, 5.74) is 0.288. The van der Waals surface area contributed by atoms with Gasteiger partial charge in [0.05, 0.1) is 6.26 Å². The van der Waals surface area contributed by atoms with Gasteiger partial charge in [0.15, 0.2) is 0 Å². The molecule has 0 bridgehead atoms. The maximum Gasteiger partial charge on any atom is 0.329 e. The molecule has 0 radical (unpaired) electrons. The number of imide groups is 1. The number of hydrogen-bond acceptors (Lipinski definition) is 3. The van der Waals surface area contributed by atoms with Gasteiger partial charge in [-0.1, -0.05) is 13.0 Å². The molecule has 1 N–H and O–H groups in total. The van der Waals surface area contributed by atoms with Crippen molar-refractivity contribution in [1.82, 2.24) is 10.2 Å². The normalized spacial score (nSPS) is 18.1. The van der Waals surface area contributed by atoms with Crippen molar-refractivity contribution in [3.05, 3.63) is 42.0 Å². The summed E-state index contributed by atoms with van der Waals surface area (Å²) in [4.78, 5) is 24.5. The molecule has 94 valence electrons. The topological polar surface area (TPSA) is 62.6 Å². The average Bonchev–Trinajstić information content (AvgIpc) is 2.94. The molecule has 0 unspecified atom stereocenters. The van der Waals surface area contributed by atoms with Crippen LogP contribution in [0.25, 0.3) is 6.08 Å². The number of rotatable bonds is 4. The van der Waals surface area contributed by atoms with Crippen molar-refractivity contribution in [1.29, 1.82) is 0 Å². The van der Waals surface area contributed by atoms with E-state index in [1.807, 2.05) is 6.92 Å². The monoisotopic (exact) mass is 246 g/mol. The third-order valence-corrected chi connectivity index (χ3v) is 2.48. The zero-order valence-electron chi connectivity index (χ0n) is 10.1. The summed E-state index contributed by atoms with van der Waals surface area (Å²) in [7, 11) is 0. The molecule has 1 aliphatic heterocycles. The summed E-state index contributed by atoms with van der Waals surface area (Å²) in [6.07, 6.45) is 7.27. The lowest BCUT2D eigenvalue weighted by Gasteiger charge is -2.08. The van der Waals surface area contributed by atoms with Crippen LogP contribution in [-0.2, 0) is 4.79 Å². The minimum atomic E-state index is -0.362. The second-order valence-corrected chi connectivity index (χ2v) is 3.84. The number of amides is 3. The van der Waals surface area contributed by atoms with E-state index < -0.39 is 0 Å². The highest BCUT2D eigenvalue weighted by Gasteiger charge is 2.32. The lowest BCUT2D eigenvalue weighted by Crippen LogP contribution is -2.31. The number of nitrogens with zero attached hydrogens (tertiary/aromatic N) is 1. The molecule has 1 aliphatic rings. The van der Waals surface area contributed by atoms with Crippen molar-refractivity contribution < 1.29 is 14.0 Å². The number of furan rings is 1. The first-order valence-corrected chi connectivity index (χ1v) is 5.77. The van der Waals surface area contributed by atoms with Gasteiger partial charge in [-0.3, -0.25) is 9.69 Å². The van der Waals surface area contributed by atoms with Crippen molar-refractivity contribution >= 4 is 18.0 Å². The van der Waals surface area contributed by atoms with Crippen LogP contribution in [0, 0.1) is 0 Å². The first kappa shape index (κ1) is 12.2. The van der Waals surface area contributed by atoms with E-state index in [1.54, 1.807) is 36.6 Å². The molecule has 0 spiro atoms. The van der Waals surface area contributed by atoms with Crippen LogP contribution in [0.15, 0.2) is 40.7 Å². The van der Waals surface area contributed by atoms with E-state index in [4.69, 9.17) is 4.42 Å². The van der Waals surface area contributed by atoms with E-state index in [0.29, 0.717) is 12.3 Å². The van der Waals surface area contributed by atoms with Crippen LogP contribution in [-0.4, -0.2) is 23.4 Å². The summed E-state index contributed by atoms with van der Waals surface area (Å²) >= 11 is 0. The van der Waals surface area contributed by atoms with E-state index in [0.717, 1.165) is 6.42 Å². The smallest absolute Gasteiger partial charge is 0.329 e. The number of hydrogen-bond donors (Lipinski definition) is 1. The van der Waals surface area contributed by atoms with Gasteiger partial charge in [-0.2, -0.15) is 0 Å². The Morgan fingerprint density at radius 2 is 2.28 bits per heavy atom. The minimum absolute atomic E-state index is 0.286. The van der Waals surface area contributed by atoms with Gasteiger partial charge in [0, 0.05) is 6.54 Å². The fourth-order valence-electron chi connectivity index (χ4n) is 1.64. The van der Waals surface area contributed by atoms with Crippen molar-refractivity contribution in [2.75, 3.05) is 6.54 Å². The lowest BCUT2D eigenvalue weighted by atomic mass is 10.3. The molecule has 2 heterocycles. The van der Waals surface area contributed by atoms with E-state index in [-0.39, 0.29) is 17.6 Å². The minimum Gasteiger partial charge on any atom is -0.465 e. The molecule has 0 aromatic carbocycles. The first-order valence-electron chi connectivity index (χ1n) is 5.77. The van der Waals surface area contributed by atoms with Crippen molar-refractivity contribution in [3.8, 4) is 0 Å². The molecule has 1 aromatic heterocycles. The summed E-state index contributed by atoms with van der Waals surface area (Å²) < 4.78 is 5.11.